The summed E-state index contributed by atoms with van der Waals surface area (Å²) in [6.07, 6.45) is 1.76. The van der Waals surface area contributed by atoms with Crippen LogP contribution in [-0.2, 0) is 0 Å². The lowest BCUT2D eigenvalue weighted by Crippen LogP contribution is -1.89. The second-order valence-corrected chi connectivity index (χ2v) is 2.66. The van der Waals surface area contributed by atoms with Crippen molar-refractivity contribution in [3.05, 3.63) is 17.2 Å². The molecule has 1 aromatic heterocycles. The molecule has 0 aromatic carbocycles. The molecule has 0 radical (unpaired) electrons. The van der Waals surface area contributed by atoms with E-state index in [0.29, 0.717) is 5.16 Å². The number of hydrogen-bond acceptors (Lipinski definition) is 3. The van der Waals surface area contributed by atoms with Gasteiger partial charge < -0.3 is 0 Å². The number of aromatic nitrogens is 2. The van der Waals surface area contributed by atoms with E-state index in [-0.39, 0.29) is 5.15 Å². The normalized spacial score (nSPS) is 9.90. The van der Waals surface area contributed by atoms with E-state index < -0.39 is 5.95 Å². The third kappa shape index (κ3) is 1.82. The molecule has 0 aliphatic carbocycles. The van der Waals surface area contributed by atoms with Crippen LogP contribution in [0.4, 0.5) is 4.39 Å². The molecule has 54 valence electrons. The van der Waals surface area contributed by atoms with Crippen molar-refractivity contribution in [2.24, 2.45) is 0 Å². The van der Waals surface area contributed by atoms with Crippen LogP contribution >= 0.6 is 23.4 Å². The minimum Gasteiger partial charge on any atom is -0.210 e. The molecule has 0 N–H and O–H groups in total. The first-order valence-electron chi connectivity index (χ1n) is 2.46. The fourth-order valence-electron chi connectivity index (χ4n) is 0.462. The molecule has 0 unspecified atom stereocenters. The zero-order chi connectivity index (χ0) is 7.56. The molecule has 0 atom stereocenters. The van der Waals surface area contributed by atoms with Crippen molar-refractivity contribution in [2.75, 3.05) is 6.26 Å². The van der Waals surface area contributed by atoms with Gasteiger partial charge in [-0.1, -0.05) is 23.4 Å². The van der Waals surface area contributed by atoms with Crippen molar-refractivity contribution >= 4 is 23.4 Å². The van der Waals surface area contributed by atoms with Gasteiger partial charge in [0, 0.05) is 6.07 Å². The third-order valence-electron chi connectivity index (χ3n) is 0.826. The first-order valence-corrected chi connectivity index (χ1v) is 4.06. The van der Waals surface area contributed by atoms with E-state index >= 15 is 0 Å². The standard InChI is InChI=1S/C5H4ClFN2S/c1-10-5-8-3(6)2-4(7)9-5/h2H,1H3. The molecule has 5 heteroatoms. The van der Waals surface area contributed by atoms with Gasteiger partial charge >= 0.3 is 0 Å². The fraction of sp³-hybridized carbons (Fsp3) is 0.200. The van der Waals surface area contributed by atoms with Crippen LogP contribution in [0.3, 0.4) is 0 Å². The molecular weight excluding hydrogens is 175 g/mol. The monoisotopic (exact) mass is 178 g/mol. The lowest BCUT2D eigenvalue weighted by atomic mass is 10.7. The topological polar surface area (TPSA) is 25.8 Å². The summed E-state index contributed by atoms with van der Waals surface area (Å²) in [6, 6.07) is 1.07. The molecule has 0 fully saturated rings. The Labute approximate surface area is 66.8 Å². The van der Waals surface area contributed by atoms with E-state index in [1.54, 1.807) is 6.26 Å². The molecule has 2 nitrogen and oxygen atoms in total. The van der Waals surface area contributed by atoms with Gasteiger partial charge in [0.05, 0.1) is 0 Å². The van der Waals surface area contributed by atoms with Crippen LogP contribution in [0.25, 0.3) is 0 Å². The Morgan fingerprint density at radius 1 is 1.60 bits per heavy atom. The summed E-state index contributed by atoms with van der Waals surface area (Å²) in [6.45, 7) is 0. The first kappa shape index (κ1) is 7.75. The Morgan fingerprint density at radius 3 is 2.80 bits per heavy atom. The Morgan fingerprint density at radius 2 is 2.30 bits per heavy atom. The zero-order valence-electron chi connectivity index (χ0n) is 5.14. The molecule has 1 aromatic rings. The number of halogens is 2. The van der Waals surface area contributed by atoms with Gasteiger partial charge in [-0.15, -0.1) is 0 Å². The smallest absolute Gasteiger partial charge is 0.210 e. The number of thioether (sulfide) groups is 1. The maximum Gasteiger partial charge on any atom is 0.218 e. The van der Waals surface area contributed by atoms with Crippen LogP contribution in [0.1, 0.15) is 0 Å². The second kappa shape index (κ2) is 3.16. The van der Waals surface area contributed by atoms with Crippen molar-refractivity contribution in [3.8, 4) is 0 Å². The lowest BCUT2D eigenvalue weighted by Gasteiger charge is -1.93. The SMILES string of the molecule is CSc1nc(F)cc(Cl)n1. The minimum absolute atomic E-state index is 0.136. The van der Waals surface area contributed by atoms with Crippen molar-refractivity contribution < 1.29 is 4.39 Å². The van der Waals surface area contributed by atoms with Crippen molar-refractivity contribution in [3.63, 3.8) is 0 Å². The van der Waals surface area contributed by atoms with Crippen LogP contribution in [0.2, 0.25) is 5.15 Å². The van der Waals surface area contributed by atoms with Gasteiger partial charge in [0.2, 0.25) is 5.95 Å². The quantitative estimate of drug-likeness (QED) is 0.374. The Hall–Kier alpha value is -0.350. The molecule has 10 heavy (non-hydrogen) atoms. The molecule has 0 amide bonds. The van der Waals surface area contributed by atoms with Gasteiger partial charge in [-0.3, -0.25) is 0 Å². The molecule has 0 spiro atoms. The molecule has 0 bridgehead atoms. The lowest BCUT2D eigenvalue weighted by molar-refractivity contribution is 0.563. The van der Waals surface area contributed by atoms with Gasteiger partial charge in [0.15, 0.2) is 5.16 Å². The molecule has 0 aliphatic heterocycles. The summed E-state index contributed by atoms with van der Waals surface area (Å²) in [7, 11) is 0. The van der Waals surface area contributed by atoms with Crippen molar-refractivity contribution in [1.29, 1.82) is 0 Å². The van der Waals surface area contributed by atoms with Crippen LogP contribution in [0.15, 0.2) is 11.2 Å². The third-order valence-corrected chi connectivity index (χ3v) is 1.57. The van der Waals surface area contributed by atoms with Gasteiger partial charge in [-0.25, -0.2) is 4.98 Å². The van der Waals surface area contributed by atoms with Crippen LogP contribution in [0.5, 0.6) is 0 Å². The van der Waals surface area contributed by atoms with Gasteiger partial charge in [0.25, 0.3) is 0 Å². The summed E-state index contributed by atoms with van der Waals surface area (Å²) >= 11 is 6.67. The predicted molar refractivity (Wildman–Crippen MR) is 38.8 cm³/mol. The number of nitrogens with zero attached hydrogens (tertiary/aromatic N) is 2. The molecule has 1 rings (SSSR count). The molecule has 0 saturated heterocycles. The summed E-state index contributed by atoms with van der Waals surface area (Å²) in [4.78, 5) is 7.18. The van der Waals surface area contributed by atoms with Gasteiger partial charge in [-0.05, 0) is 6.26 Å². The first-order chi connectivity index (χ1) is 4.72. The van der Waals surface area contributed by atoms with E-state index in [9.17, 15) is 4.39 Å². The van der Waals surface area contributed by atoms with E-state index in [0.717, 1.165) is 6.07 Å². The fourth-order valence-corrected chi connectivity index (χ4v) is 1.05. The van der Waals surface area contributed by atoms with Crippen LogP contribution in [-0.4, -0.2) is 16.2 Å². The maximum absolute atomic E-state index is 12.4. The molecule has 0 saturated carbocycles. The largest absolute Gasteiger partial charge is 0.218 e. The maximum atomic E-state index is 12.4. The Bertz CT molecular complexity index is 223. The highest BCUT2D eigenvalue weighted by Gasteiger charge is 1.99. The van der Waals surface area contributed by atoms with Gasteiger partial charge in [0.1, 0.15) is 5.15 Å². The summed E-state index contributed by atoms with van der Waals surface area (Å²) in [5.74, 6) is -0.593. The van der Waals surface area contributed by atoms with Crippen LogP contribution < -0.4 is 0 Å². The Kier molecular flexibility index (Phi) is 2.45. The Balaban J connectivity index is 3.06. The van der Waals surface area contributed by atoms with E-state index in [1.807, 2.05) is 0 Å². The average molecular weight is 179 g/mol. The molecular formula is C5H4ClFN2S. The summed E-state index contributed by atoms with van der Waals surface area (Å²) in [5.41, 5.74) is 0. The number of hydrogen-bond donors (Lipinski definition) is 0. The van der Waals surface area contributed by atoms with Crippen molar-refractivity contribution in [2.45, 2.75) is 5.16 Å². The number of rotatable bonds is 1. The average Bonchev–Trinajstić information content (AvgIpc) is 1.85. The molecule has 1 heterocycles. The van der Waals surface area contributed by atoms with Crippen molar-refractivity contribution in [1.82, 2.24) is 9.97 Å². The molecule has 0 aliphatic rings. The highest BCUT2D eigenvalue weighted by Crippen LogP contribution is 2.12. The van der Waals surface area contributed by atoms with Crippen LogP contribution in [0, 0.1) is 5.95 Å². The summed E-state index contributed by atoms with van der Waals surface area (Å²) < 4.78 is 12.4. The second-order valence-electron chi connectivity index (χ2n) is 1.50. The predicted octanol–water partition coefficient (Wildman–Crippen LogP) is 1.99. The van der Waals surface area contributed by atoms with E-state index in [4.69, 9.17) is 11.6 Å². The van der Waals surface area contributed by atoms with E-state index in [1.165, 1.54) is 11.8 Å². The summed E-state index contributed by atoms with van der Waals surface area (Å²) in [5, 5.41) is 0.488. The highest BCUT2D eigenvalue weighted by molar-refractivity contribution is 7.98. The minimum atomic E-state index is -0.593. The highest BCUT2D eigenvalue weighted by atomic mass is 35.5. The zero-order valence-corrected chi connectivity index (χ0v) is 6.71. The van der Waals surface area contributed by atoms with Gasteiger partial charge in [-0.2, -0.15) is 9.37 Å². The van der Waals surface area contributed by atoms with E-state index in [2.05, 4.69) is 9.97 Å².